The quantitative estimate of drug-likeness (QED) is 0.859. The first-order valence-corrected chi connectivity index (χ1v) is 9.00. The highest BCUT2D eigenvalue weighted by Crippen LogP contribution is 2.47. The van der Waals surface area contributed by atoms with Gasteiger partial charge in [0, 0.05) is 32.6 Å². The Bertz CT molecular complexity index is 620. The zero-order valence-electron chi connectivity index (χ0n) is 14.7. The highest BCUT2D eigenvalue weighted by Gasteiger charge is 2.42. The minimum Gasteiger partial charge on any atom is -0.343 e. The number of likely N-dealkylation sites (tertiary alicyclic amines) is 1. The first-order valence-electron chi connectivity index (χ1n) is 9.00. The van der Waals surface area contributed by atoms with E-state index in [2.05, 4.69) is 10.6 Å². The van der Waals surface area contributed by atoms with Crippen LogP contribution in [0.25, 0.3) is 0 Å². The summed E-state index contributed by atoms with van der Waals surface area (Å²) in [6.07, 6.45) is 4.63. The van der Waals surface area contributed by atoms with Gasteiger partial charge in [0.15, 0.2) is 0 Å². The highest BCUT2D eigenvalue weighted by molar-refractivity contribution is 5.75. The van der Waals surface area contributed by atoms with Crippen LogP contribution in [-0.2, 0) is 11.2 Å². The molecule has 0 radical (unpaired) electrons. The van der Waals surface area contributed by atoms with Crippen LogP contribution in [0.15, 0.2) is 24.3 Å². The van der Waals surface area contributed by atoms with Crippen molar-refractivity contribution in [3.8, 4) is 0 Å². The molecule has 1 aliphatic heterocycles. The molecule has 6 heteroatoms. The minimum atomic E-state index is -0.220. The largest absolute Gasteiger partial charge is 0.343 e. The molecule has 2 aliphatic rings. The molecule has 2 fully saturated rings. The van der Waals surface area contributed by atoms with Crippen LogP contribution < -0.4 is 10.6 Å². The standard InChI is InChI=1S/C19H26FN3O2/c1-14(24)23-10-6-17(7-11-23)22-18(25)21-13-19(8-9-19)12-15-2-4-16(20)5-3-15/h2-5,17H,6-13H2,1H3,(H2,21,22,25). The fourth-order valence-electron chi connectivity index (χ4n) is 3.47. The van der Waals surface area contributed by atoms with Crippen molar-refractivity contribution in [3.63, 3.8) is 0 Å². The van der Waals surface area contributed by atoms with Crippen LogP contribution in [0.1, 0.15) is 38.2 Å². The van der Waals surface area contributed by atoms with Crippen LogP contribution in [-0.4, -0.2) is 42.5 Å². The Morgan fingerprint density at radius 2 is 1.84 bits per heavy atom. The summed E-state index contributed by atoms with van der Waals surface area (Å²) in [5, 5.41) is 6.01. The molecule has 136 valence electrons. The number of nitrogens with zero attached hydrogens (tertiary/aromatic N) is 1. The van der Waals surface area contributed by atoms with E-state index in [0.29, 0.717) is 19.6 Å². The number of rotatable bonds is 5. The van der Waals surface area contributed by atoms with Gasteiger partial charge in [-0.05, 0) is 55.2 Å². The summed E-state index contributed by atoms with van der Waals surface area (Å²) < 4.78 is 13.0. The molecule has 1 saturated heterocycles. The molecular weight excluding hydrogens is 321 g/mol. The van der Waals surface area contributed by atoms with Gasteiger partial charge in [0.1, 0.15) is 5.82 Å². The maximum Gasteiger partial charge on any atom is 0.315 e. The number of halogens is 1. The zero-order chi connectivity index (χ0) is 17.9. The summed E-state index contributed by atoms with van der Waals surface area (Å²) in [7, 11) is 0. The fourth-order valence-corrected chi connectivity index (χ4v) is 3.47. The summed E-state index contributed by atoms with van der Waals surface area (Å²) in [4.78, 5) is 25.3. The van der Waals surface area contributed by atoms with Crippen molar-refractivity contribution >= 4 is 11.9 Å². The number of carbonyl (C=O) groups is 2. The Balaban J connectivity index is 1.40. The molecule has 1 saturated carbocycles. The number of hydrogen-bond acceptors (Lipinski definition) is 2. The SMILES string of the molecule is CC(=O)N1CCC(NC(=O)NCC2(Cc3ccc(F)cc3)CC2)CC1. The lowest BCUT2D eigenvalue weighted by Crippen LogP contribution is -2.49. The third kappa shape index (κ3) is 4.94. The smallest absolute Gasteiger partial charge is 0.315 e. The Morgan fingerprint density at radius 1 is 1.20 bits per heavy atom. The van der Waals surface area contributed by atoms with Gasteiger partial charge in [-0.15, -0.1) is 0 Å². The Kier molecular flexibility index (Phi) is 5.25. The van der Waals surface area contributed by atoms with E-state index < -0.39 is 0 Å². The second-order valence-corrected chi connectivity index (χ2v) is 7.41. The normalized spacial score (nSPS) is 19.4. The summed E-state index contributed by atoms with van der Waals surface area (Å²) in [6.45, 7) is 3.63. The first-order chi connectivity index (χ1) is 12.0. The number of piperidine rings is 1. The van der Waals surface area contributed by atoms with Gasteiger partial charge in [0.25, 0.3) is 0 Å². The second-order valence-electron chi connectivity index (χ2n) is 7.41. The van der Waals surface area contributed by atoms with Gasteiger partial charge in [-0.3, -0.25) is 4.79 Å². The van der Waals surface area contributed by atoms with Crippen LogP contribution >= 0.6 is 0 Å². The maximum atomic E-state index is 13.0. The molecule has 3 amide bonds. The van der Waals surface area contributed by atoms with Gasteiger partial charge < -0.3 is 15.5 Å². The van der Waals surface area contributed by atoms with Gasteiger partial charge in [0.05, 0.1) is 0 Å². The van der Waals surface area contributed by atoms with Crippen molar-refractivity contribution < 1.29 is 14.0 Å². The zero-order valence-corrected chi connectivity index (χ0v) is 14.7. The van der Waals surface area contributed by atoms with E-state index in [-0.39, 0.29) is 29.2 Å². The molecule has 1 heterocycles. The van der Waals surface area contributed by atoms with E-state index in [0.717, 1.165) is 37.7 Å². The average molecular weight is 347 g/mol. The molecule has 0 unspecified atom stereocenters. The van der Waals surface area contributed by atoms with Crippen molar-refractivity contribution in [1.82, 2.24) is 15.5 Å². The van der Waals surface area contributed by atoms with E-state index in [9.17, 15) is 14.0 Å². The van der Waals surface area contributed by atoms with Gasteiger partial charge >= 0.3 is 6.03 Å². The summed E-state index contributed by atoms with van der Waals surface area (Å²) in [6, 6.07) is 6.60. The number of hydrogen-bond donors (Lipinski definition) is 2. The molecule has 3 rings (SSSR count). The Labute approximate surface area is 148 Å². The van der Waals surface area contributed by atoms with Crippen molar-refractivity contribution in [2.75, 3.05) is 19.6 Å². The highest BCUT2D eigenvalue weighted by atomic mass is 19.1. The molecule has 2 N–H and O–H groups in total. The molecule has 1 aromatic carbocycles. The van der Waals surface area contributed by atoms with Crippen LogP contribution in [0.4, 0.5) is 9.18 Å². The fraction of sp³-hybridized carbons (Fsp3) is 0.579. The lowest BCUT2D eigenvalue weighted by molar-refractivity contribution is -0.129. The van der Waals surface area contributed by atoms with Crippen molar-refractivity contribution in [3.05, 3.63) is 35.6 Å². The number of nitrogens with one attached hydrogen (secondary N) is 2. The van der Waals surface area contributed by atoms with E-state index in [1.54, 1.807) is 6.92 Å². The van der Waals surface area contributed by atoms with Crippen LogP contribution in [0.3, 0.4) is 0 Å². The molecule has 0 spiro atoms. The van der Waals surface area contributed by atoms with Crippen molar-refractivity contribution in [1.29, 1.82) is 0 Å². The monoisotopic (exact) mass is 347 g/mol. The molecular formula is C19H26FN3O2. The minimum absolute atomic E-state index is 0.0966. The third-order valence-corrected chi connectivity index (χ3v) is 5.35. The number of benzene rings is 1. The van der Waals surface area contributed by atoms with E-state index in [1.165, 1.54) is 12.1 Å². The molecule has 25 heavy (non-hydrogen) atoms. The predicted octanol–water partition coefficient (Wildman–Crippen LogP) is 2.46. The second kappa shape index (κ2) is 7.42. The molecule has 0 bridgehead atoms. The van der Waals surface area contributed by atoms with Crippen LogP contribution in [0.2, 0.25) is 0 Å². The maximum absolute atomic E-state index is 13.0. The molecule has 0 atom stereocenters. The Morgan fingerprint density at radius 3 is 2.40 bits per heavy atom. The average Bonchev–Trinajstić information content (AvgIpc) is 3.36. The number of carbonyl (C=O) groups excluding carboxylic acids is 2. The van der Waals surface area contributed by atoms with Crippen LogP contribution in [0, 0.1) is 11.2 Å². The molecule has 1 aliphatic carbocycles. The molecule has 5 nitrogen and oxygen atoms in total. The van der Waals surface area contributed by atoms with E-state index >= 15 is 0 Å². The number of amides is 3. The van der Waals surface area contributed by atoms with Gasteiger partial charge in [0.2, 0.25) is 5.91 Å². The first kappa shape index (κ1) is 17.7. The van der Waals surface area contributed by atoms with Gasteiger partial charge in [-0.2, -0.15) is 0 Å². The lowest BCUT2D eigenvalue weighted by atomic mass is 9.96. The summed E-state index contributed by atoms with van der Waals surface area (Å²) in [5.41, 5.74) is 1.23. The van der Waals surface area contributed by atoms with E-state index in [4.69, 9.17) is 0 Å². The van der Waals surface area contributed by atoms with Gasteiger partial charge in [-0.1, -0.05) is 12.1 Å². The van der Waals surface area contributed by atoms with Crippen LogP contribution in [0.5, 0.6) is 0 Å². The van der Waals surface area contributed by atoms with Crippen molar-refractivity contribution in [2.24, 2.45) is 5.41 Å². The van der Waals surface area contributed by atoms with E-state index in [1.807, 2.05) is 17.0 Å². The number of urea groups is 1. The summed E-state index contributed by atoms with van der Waals surface area (Å²) in [5.74, 6) is -0.124. The third-order valence-electron chi connectivity index (χ3n) is 5.35. The van der Waals surface area contributed by atoms with Gasteiger partial charge in [-0.25, -0.2) is 9.18 Å². The topological polar surface area (TPSA) is 61.4 Å². The Hall–Kier alpha value is -2.11. The predicted molar refractivity (Wildman–Crippen MR) is 93.6 cm³/mol. The molecule has 0 aromatic heterocycles. The van der Waals surface area contributed by atoms with Crippen molar-refractivity contribution in [2.45, 2.75) is 45.1 Å². The lowest BCUT2D eigenvalue weighted by Gasteiger charge is -2.31. The molecule has 1 aromatic rings. The summed E-state index contributed by atoms with van der Waals surface area (Å²) >= 11 is 0.